The van der Waals surface area contributed by atoms with Crippen LogP contribution in [0.15, 0.2) is 109 Å². The highest BCUT2D eigenvalue weighted by molar-refractivity contribution is 5.71. The van der Waals surface area contributed by atoms with Gasteiger partial charge < -0.3 is 14.2 Å². The van der Waals surface area contributed by atoms with Gasteiger partial charge in [0.15, 0.2) is 6.10 Å². The Morgan fingerprint density at radius 1 is 0.273 bits per heavy atom. The Morgan fingerprint density at radius 3 is 0.818 bits per heavy atom. The lowest BCUT2D eigenvalue weighted by molar-refractivity contribution is -0.167. The first-order chi connectivity index (χ1) is 38.0. The molecule has 440 valence electrons. The minimum Gasteiger partial charge on any atom is -0.462 e. The number of hydrogen-bond acceptors (Lipinski definition) is 6. The van der Waals surface area contributed by atoms with E-state index in [9.17, 15) is 14.4 Å². The maximum absolute atomic E-state index is 12.9. The van der Waals surface area contributed by atoms with Crippen molar-refractivity contribution in [2.45, 2.75) is 309 Å². The summed E-state index contributed by atoms with van der Waals surface area (Å²) in [6.07, 6.45) is 88.2. The molecule has 0 heterocycles. The number of allylic oxidation sites excluding steroid dienone is 18. The molecule has 0 bridgehead atoms. The highest BCUT2D eigenvalue weighted by Crippen LogP contribution is 2.16. The summed E-state index contributed by atoms with van der Waals surface area (Å²) in [5.41, 5.74) is 0. The van der Waals surface area contributed by atoms with Gasteiger partial charge in [-0.25, -0.2) is 0 Å². The summed E-state index contributed by atoms with van der Waals surface area (Å²) in [6, 6.07) is 0. The molecule has 0 fully saturated rings. The van der Waals surface area contributed by atoms with Gasteiger partial charge in [-0.15, -0.1) is 0 Å². The fourth-order valence-corrected chi connectivity index (χ4v) is 8.95. The number of hydrogen-bond donors (Lipinski definition) is 0. The van der Waals surface area contributed by atoms with Crippen LogP contribution in [0.3, 0.4) is 0 Å². The Kier molecular flexibility index (Phi) is 61.3. The van der Waals surface area contributed by atoms with E-state index >= 15 is 0 Å². The average molecular weight is 1070 g/mol. The van der Waals surface area contributed by atoms with Crippen LogP contribution in [0.5, 0.6) is 0 Å². The van der Waals surface area contributed by atoms with Crippen LogP contribution in [-0.2, 0) is 28.6 Å². The van der Waals surface area contributed by atoms with E-state index in [4.69, 9.17) is 14.2 Å². The van der Waals surface area contributed by atoms with Crippen LogP contribution in [0.2, 0.25) is 0 Å². The molecule has 0 saturated heterocycles. The van der Waals surface area contributed by atoms with Gasteiger partial charge in [-0.2, -0.15) is 0 Å². The third kappa shape index (κ3) is 62.8. The monoisotopic (exact) mass is 1070 g/mol. The van der Waals surface area contributed by atoms with Crippen molar-refractivity contribution >= 4 is 17.9 Å². The van der Waals surface area contributed by atoms with Crippen molar-refractivity contribution in [3.05, 3.63) is 109 Å². The fraction of sp³-hybridized carbons (Fsp3) is 0.704. The maximum Gasteiger partial charge on any atom is 0.306 e. The van der Waals surface area contributed by atoms with E-state index in [2.05, 4.69) is 130 Å². The Hall–Kier alpha value is -3.93. The normalized spacial score (nSPS) is 12.8. The predicted molar refractivity (Wildman–Crippen MR) is 334 cm³/mol. The molecule has 0 aliphatic heterocycles. The summed E-state index contributed by atoms with van der Waals surface area (Å²) in [5, 5.41) is 0. The number of carbonyl (C=O) groups is 3. The zero-order chi connectivity index (χ0) is 55.7. The third-order valence-corrected chi connectivity index (χ3v) is 13.7. The molecule has 0 N–H and O–H groups in total. The van der Waals surface area contributed by atoms with E-state index in [0.717, 1.165) is 128 Å². The van der Waals surface area contributed by atoms with Gasteiger partial charge in [0.2, 0.25) is 0 Å². The molecule has 0 radical (unpaired) electrons. The second kappa shape index (κ2) is 64.6. The quantitative estimate of drug-likeness (QED) is 0.0261. The van der Waals surface area contributed by atoms with E-state index < -0.39 is 6.10 Å². The molecule has 0 saturated carbocycles. The summed E-state index contributed by atoms with van der Waals surface area (Å²) < 4.78 is 16.9. The van der Waals surface area contributed by atoms with Gasteiger partial charge in [-0.1, -0.05) is 271 Å². The Balaban J connectivity index is 4.22. The lowest BCUT2D eigenvalue weighted by Crippen LogP contribution is -2.30. The van der Waals surface area contributed by atoms with E-state index in [1.54, 1.807) is 0 Å². The first-order valence-corrected chi connectivity index (χ1v) is 32.4. The van der Waals surface area contributed by atoms with Crippen LogP contribution in [0.4, 0.5) is 0 Å². The number of carbonyl (C=O) groups excluding carboxylic acids is 3. The van der Waals surface area contributed by atoms with Gasteiger partial charge >= 0.3 is 17.9 Å². The van der Waals surface area contributed by atoms with Crippen molar-refractivity contribution in [1.82, 2.24) is 0 Å². The topological polar surface area (TPSA) is 78.9 Å². The van der Waals surface area contributed by atoms with E-state index in [0.29, 0.717) is 19.3 Å². The summed E-state index contributed by atoms with van der Waals surface area (Å²) >= 11 is 0. The molecule has 0 amide bonds. The summed E-state index contributed by atoms with van der Waals surface area (Å²) in [6.45, 7) is 6.39. The van der Waals surface area contributed by atoms with Gasteiger partial charge in [0.1, 0.15) is 13.2 Å². The van der Waals surface area contributed by atoms with Gasteiger partial charge in [-0.3, -0.25) is 14.4 Å². The van der Waals surface area contributed by atoms with Crippen molar-refractivity contribution in [2.75, 3.05) is 13.2 Å². The molecule has 77 heavy (non-hydrogen) atoms. The Bertz CT molecular complexity index is 1560. The molecule has 6 nitrogen and oxygen atoms in total. The van der Waals surface area contributed by atoms with Crippen molar-refractivity contribution in [1.29, 1.82) is 0 Å². The Labute approximate surface area is 476 Å². The zero-order valence-corrected chi connectivity index (χ0v) is 50.4. The zero-order valence-electron chi connectivity index (χ0n) is 50.4. The van der Waals surface area contributed by atoms with Crippen LogP contribution in [-0.4, -0.2) is 37.2 Å². The van der Waals surface area contributed by atoms with Gasteiger partial charge in [-0.05, 0) is 122 Å². The molecule has 0 aliphatic carbocycles. The van der Waals surface area contributed by atoms with E-state index in [1.165, 1.54) is 135 Å². The van der Waals surface area contributed by atoms with Crippen molar-refractivity contribution < 1.29 is 28.6 Å². The molecule has 0 spiro atoms. The van der Waals surface area contributed by atoms with E-state index in [1.807, 2.05) is 0 Å². The minimum absolute atomic E-state index is 0.0897. The molecule has 0 aliphatic rings. The van der Waals surface area contributed by atoms with Crippen LogP contribution in [0.25, 0.3) is 0 Å². The molecular formula is C71H120O6. The number of esters is 3. The lowest BCUT2D eigenvalue weighted by Gasteiger charge is -2.18. The smallest absolute Gasteiger partial charge is 0.306 e. The highest BCUT2D eigenvalue weighted by atomic mass is 16.6. The lowest BCUT2D eigenvalue weighted by atomic mass is 10.0. The third-order valence-electron chi connectivity index (χ3n) is 13.7. The van der Waals surface area contributed by atoms with Crippen molar-refractivity contribution in [3.63, 3.8) is 0 Å². The summed E-state index contributed by atoms with van der Waals surface area (Å²) in [7, 11) is 0. The van der Waals surface area contributed by atoms with Gasteiger partial charge in [0, 0.05) is 19.3 Å². The maximum atomic E-state index is 12.9. The predicted octanol–water partition coefficient (Wildman–Crippen LogP) is 22.2. The van der Waals surface area contributed by atoms with Crippen molar-refractivity contribution in [2.24, 2.45) is 0 Å². The molecule has 0 aromatic heterocycles. The van der Waals surface area contributed by atoms with E-state index in [-0.39, 0.29) is 31.1 Å². The average Bonchev–Trinajstić information content (AvgIpc) is 3.43. The fourth-order valence-electron chi connectivity index (χ4n) is 8.95. The second-order valence-electron chi connectivity index (χ2n) is 21.3. The SMILES string of the molecule is CC/C=C\C/C=C\C/C=C\C/C=C\C/C=C\CCCCCCCCCCCCCCCCCC(=O)OCC(COC(=O)CCCCC/C=C\C/C=C\C/C=C\CC)OC(=O)CCCCCCC/C=C\CCCCCCCC. The molecule has 1 unspecified atom stereocenters. The number of rotatable bonds is 58. The van der Waals surface area contributed by atoms with Crippen LogP contribution < -0.4 is 0 Å². The molecular weight excluding hydrogens is 949 g/mol. The van der Waals surface area contributed by atoms with Gasteiger partial charge in [0.05, 0.1) is 0 Å². The molecule has 0 rings (SSSR count). The first kappa shape index (κ1) is 73.1. The molecule has 6 heteroatoms. The molecule has 0 aromatic carbocycles. The Morgan fingerprint density at radius 2 is 0.506 bits per heavy atom. The van der Waals surface area contributed by atoms with Crippen LogP contribution in [0.1, 0.15) is 303 Å². The highest BCUT2D eigenvalue weighted by Gasteiger charge is 2.19. The number of ether oxygens (including phenoxy) is 3. The number of unbranched alkanes of at least 4 members (excludes halogenated alkanes) is 29. The molecule has 0 aromatic rings. The minimum atomic E-state index is -0.795. The standard InChI is InChI=1S/C71H120O6/c1-4-7-10-13-16-19-22-25-27-28-29-30-31-32-33-34-35-36-37-38-39-40-41-42-44-46-49-52-55-58-61-64-70(73)76-67-68(66-75-69(72)63-60-57-54-51-48-45-24-21-18-15-12-9-6-3)77-71(74)65-62-59-56-53-50-47-43-26-23-20-17-14-11-8-5-2/h7,9-10,12,16,18-19,21,25-27,29-30,32-33,43,45,48,68H,4-6,8,11,13-15,17,20,22-24,28,31,34-42,44,46-47,49-67H2,1-3H3/b10-7-,12-9-,19-16-,21-18-,27-25-,30-29-,33-32-,43-26-,48-45-. The largest absolute Gasteiger partial charge is 0.462 e. The summed E-state index contributed by atoms with van der Waals surface area (Å²) in [4.78, 5) is 38.2. The first-order valence-electron chi connectivity index (χ1n) is 32.4. The van der Waals surface area contributed by atoms with Gasteiger partial charge in [0.25, 0.3) is 0 Å². The molecule has 1 atom stereocenters. The van der Waals surface area contributed by atoms with Crippen LogP contribution >= 0.6 is 0 Å². The van der Waals surface area contributed by atoms with Crippen LogP contribution in [0, 0.1) is 0 Å². The van der Waals surface area contributed by atoms with Crippen molar-refractivity contribution in [3.8, 4) is 0 Å². The second-order valence-corrected chi connectivity index (χ2v) is 21.3. The summed E-state index contributed by atoms with van der Waals surface area (Å²) in [5.74, 6) is -0.922.